The minimum absolute atomic E-state index is 0.0174. The summed E-state index contributed by atoms with van der Waals surface area (Å²) in [4.78, 5) is 17.6. The lowest BCUT2D eigenvalue weighted by Gasteiger charge is -2.44. The first-order valence-electron chi connectivity index (χ1n) is 19.5. The van der Waals surface area contributed by atoms with Gasteiger partial charge < -0.3 is 0 Å². The van der Waals surface area contributed by atoms with Crippen LogP contribution in [0, 0.1) is 35.8 Å². The van der Waals surface area contributed by atoms with Crippen LogP contribution in [0.4, 0.5) is 0 Å². The minimum Gasteiger partial charge on any atom is -0.227 e. The first-order valence-corrected chi connectivity index (χ1v) is 22.7. The van der Waals surface area contributed by atoms with Gasteiger partial charge in [0.2, 0.25) is 0 Å². The first kappa shape index (κ1) is 34.2. The van der Waals surface area contributed by atoms with Crippen molar-refractivity contribution < 1.29 is 0 Å². The molecule has 3 saturated carbocycles. The van der Waals surface area contributed by atoms with Crippen molar-refractivity contribution in [2.45, 2.75) is 113 Å². The quantitative estimate of drug-likeness (QED) is 0.153. The number of nitriles is 2. The Balaban J connectivity index is 1.14. The summed E-state index contributed by atoms with van der Waals surface area (Å²) in [6.45, 7) is 14.8. The highest BCUT2D eigenvalue weighted by atomic mass is 32.1. The summed E-state index contributed by atoms with van der Waals surface area (Å²) in [6, 6.07) is 12.8. The number of hydrogen-bond acceptors (Lipinski definition) is 6. The molecule has 0 bridgehead atoms. The second-order valence-electron chi connectivity index (χ2n) is 16.0. The molecule has 0 aliphatic heterocycles. The third kappa shape index (κ3) is 4.77. The van der Waals surface area contributed by atoms with Crippen LogP contribution in [0.3, 0.4) is 0 Å². The molecule has 4 heterocycles. The lowest BCUT2D eigenvalue weighted by molar-refractivity contribution is 0.323. The van der Waals surface area contributed by atoms with Crippen LogP contribution >= 0.6 is 45.3 Å². The van der Waals surface area contributed by atoms with Crippen LogP contribution in [0.25, 0.3) is 54.9 Å². The molecule has 8 heteroatoms. The number of fused-ring (bicyclic) bond motifs is 11. The Labute approximate surface area is 333 Å². The van der Waals surface area contributed by atoms with Crippen molar-refractivity contribution in [3.05, 3.63) is 110 Å². The second kappa shape index (κ2) is 12.9. The summed E-state index contributed by atoms with van der Waals surface area (Å²) >= 11 is 7.65. The summed E-state index contributed by atoms with van der Waals surface area (Å²) in [6.07, 6.45) is 27.3. The lowest BCUT2D eigenvalue weighted by Crippen LogP contribution is -2.37. The average molecular weight is 775 g/mol. The van der Waals surface area contributed by atoms with Gasteiger partial charge in [0.05, 0.1) is 25.3 Å². The van der Waals surface area contributed by atoms with E-state index in [1.54, 1.807) is 66.8 Å². The number of thiophene rings is 4. The van der Waals surface area contributed by atoms with Gasteiger partial charge in [0.1, 0.15) is 0 Å². The van der Waals surface area contributed by atoms with Crippen molar-refractivity contribution in [1.29, 1.82) is 10.5 Å². The highest BCUT2D eigenvalue weighted by Gasteiger charge is 2.59. The maximum Gasteiger partial charge on any atom is 0.263 e. The molecular formula is C46H38N4S4. The molecule has 0 atom stereocenters. The number of allylic oxidation sites excluding steroid dienone is 4. The van der Waals surface area contributed by atoms with E-state index in [9.17, 15) is 10.5 Å². The van der Waals surface area contributed by atoms with Gasteiger partial charge in [-0.3, -0.25) is 0 Å². The van der Waals surface area contributed by atoms with Crippen molar-refractivity contribution in [1.82, 2.24) is 0 Å². The van der Waals surface area contributed by atoms with Gasteiger partial charge in [0.15, 0.2) is 0 Å². The lowest BCUT2D eigenvalue weighted by atomic mass is 9.58. The Morgan fingerprint density at radius 3 is 1.30 bits per heavy atom. The Kier molecular flexibility index (Phi) is 8.18. The normalized spacial score (nSPS) is 21.4. The molecule has 0 N–H and O–H groups in total. The number of hydrogen-bond donors (Lipinski definition) is 0. The third-order valence-electron chi connectivity index (χ3n) is 13.5. The molecule has 10 rings (SSSR count). The Morgan fingerprint density at radius 1 is 0.537 bits per heavy atom. The summed E-state index contributed by atoms with van der Waals surface area (Å²) < 4.78 is 0. The van der Waals surface area contributed by atoms with Crippen LogP contribution in [0.1, 0.15) is 148 Å². The van der Waals surface area contributed by atoms with Gasteiger partial charge in [-0.15, -0.1) is 45.3 Å². The van der Waals surface area contributed by atoms with Crippen LogP contribution in [-0.2, 0) is 16.2 Å². The van der Waals surface area contributed by atoms with E-state index >= 15 is 0 Å². The van der Waals surface area contributed by atoms with Crippen molar-refractivity contribution in [3.63, 3.8) is 0 Å². The Morgan fingerprint density at radius 2 is 0.926 bits per heavy atom. The summed E-state index contributed by atoms with van der Waals surface area (Å²) in [5.74, 6) is 0. The van der Waals surface area contributed by atoms with Gasteiger partial charge >= 0.3 is 0 Å². The first-order chi connectivity index (χ1) is 26.5. The maximum atomic E-state index is 9.46. The molecule has 0 unspecified atom stereocenters. The molecule has 3 spiro atoms. The molecule has 0 saturated heterocycles. The average Bonchev–Trinajstić information content (AvgIpc) is 4.07. The summed E-state index contributed by atoms with van der Waals surface area (Å²) in [7, 11) is 0. The Hall–Kier alpha value is -4.28. The van der Waals surface area contributed by atoms with Gasteiger partial charge in [0, 0.05) is 55.3 Å². The SMILES string of the molecule is [C-]#[N+]/C(C#N)=C\c1ccc(C2=Cc3sc4c(c3C23CCCCC3)C2(CCCCC2)c2c-4sc3c2C2(CCCCC2)C(c2ccc(/C=C(\C#N)[N+]#[C-])s2)=C3)s1. The van der Waals surface area contributed by atoms with E-state index in [1.807, 2.05) is 0 Å². The van der Waals surface area contributed by atoms with Crippen LogP contribution in [0.15, 0.2) is 35.7 Å². The Bertz CT molecular complexity index is 2340. The predicted molar refractivity (Wildman–Crippen MR) is 226 cm³/mol. The second-order valence-corrected chi connectivity index (χ2v) is 20.4. The van der Waals surface area contributed by atoms with Crippen LogP contribution < -0.4 is 0 Å². The van der Waals surface area contributed by atoms with E-state index in [4.69, 9.17) is 13.1 Å². The van der Waals surface area contributed by atoms with Crippen molar-refractivity contribution in [2.75, 3.05) is 0 Å². The van der Waals surface area contributed by atoms with E-state index < -0.39 is 0 Å². The molecule has 0 amide bonds. The summed E-state index contributed by atoms with van der Waals surface area (Å²) in [5, 5.41) is 18.9. The largest absolute Gasteiger partial charge is 0.263 e. The molecule has 6 aliphatic carbocycles. The highest BCUT2D eigenvalue weighted by Crippen LogP contribution is 2.72. The molecule has 0 radical (unpaired) electrons. The molecule has 54 heavy (non-hydrogen) atoms. The zero-order valence-corrected chi connectivity index (χ0v) is 33.4. The number of rotatable bonds is 4. The van der Waals surface area contributed by atoms with Crippen LogP contribution in [0.2, 0.25) is 0 Å². The third-order valence-corrected chi connectivity index (χ3v) is 18.1. The molecule has 4 nitrogen and oxygen atoms in total. The van der Waals surface area contributed by atoms with E-state index in [2.05, 4.69) is 80.9 Å². The molecular weight excluding hydrogens is 737 g/mol. The van der Waals surface area contributed by atoms with Gasteiger partial charge in [-0.1, -0.05) is 57.8 Å². The monoisotopic (exact) mass is 774 g/mol. The molecule has 266 valence electrons. The predicted octanol–water partition coefficient (Wildman–Crippen LogP) is 14.2. The zero-order valence-electron chi connectivity index (χ0n) is 30.1. The fourth-order valence-electron chi connectivity index (χ4n) is 11.4. The molecule has 0 aromatic carbocycles. The van der Waals surface area contributed by atoms with Crippen LogP contribution in [0.5, 0.6) is 0 Å². The van der Waals surface area contributed by atoms with Crippen LogP contribution in [-0.4, -0.2) is 0 Å². The summed E-state index contributed by atoms with van der Waals surface area (Å²) in [5.41, 5.74) is 10.1. The minimum atomic E-state index is 0.0174. The standard InChI is InChI=1S/C46H38N4S4/c1-49-28(26-47)22-30-12-14-34(51-30)32-24-36-38(44(32)16-6-3-7-17-44)40-42(53-36)43-41(46(40)20-10-5-11-21-46)39-37(54-43)25-33(45(39)18-8-4-9-19-45)35-15-13-31(52-35)23-29(27-48)50-2/h12-15,22-25H,3-11,16-21H2/b28-22-,29-23+. The van der Waals surface area contributed by atoms with Crippen molar-refractivity contribution in [2.24, 2.45) is 0 Å². The number of nitrogens with zero attached hydrogens (tertiary/aromatic N) is 4. The van der Waals surface area contributed by atoms with E-state index in [-0.39, 0.29) is 27.6 Å². The molecule has 4 aromatic heterocycles. The fraction of sp³-hybridized carbons (Fsp3) is 0.391. The topological polar surface area (TPSA) is 56.3 Å². The van der Waals surface area contributed by atoms with Gasteiger partial charge in [-0.25, -0.2) is 20.2 Å². The van der Waals surface area contributed by atoms with Gasteiger partial charge in [-0.05, 0) is 120 Å². The zero-order chi connectivity index (χ0) is 36.7. The molecule has 3 fully saturated rings. The van der Waals surface area contributed by atoms with E-state index in [1.165, 1.54) is 127 Å². The van der Waals surface area contributed by atoms with Crippen molar-refractivity contribution in [3.8, 4) is 21.9 Å². The van der Waals surface area contributed by atoms with E-state index in [0.717, 1.165) is 9.75 Å². The van der Waals surface area contributed by atoms with Gasteiger partial charge in [0.25, 0.3) is 11.4 Å². The fourth-order valence-corrected chi connectivity index (χ4v) is 16.6. The highest BCUT2D eigenvalue weighted by molar-refractivity contribution is 7.24. The molecule has 4 aromatic rings. The molecule has 6 aliphatic rings. The van der Waals surface area contributed by atoms with E-state index in [0.29, 0.717) is 0 Å². The van der Waals surface area contributed by atoms with Gasteiger partial charge in [-0.2, -0.15) is 0 Å². The van der Waals surface area contributed by atoms with Crippen molar-refractivity contribution >= 4 is 80.8 Å². The smallest absolute Gasteiger partial charge is 0.227 e. The maximum absolute atomic E-state index is 9.46.